The van der Waals surface area contributed by atoms with Crippen LogP contribution >= 0.6 is 0 Å². The molecule has 6 heteroatoms. The van der Waals surface area contributed by atoms with Crippen molar-refractivity contribution in [1.29, 1.82) is 0 Å². The molecule has 3 rings (SSSR count). The summed E-state index contributed by atoms with van der Waals surface area (Å²) < 4.78 is 16.5. The molecule has 1 aliphatic heterocycles. The molecule has 0 spiro atoms. The van der Waals surface area contributed by atoms with E-state index in [0.717, 1.165) is 18.0 Å². The van der Waals surface area contributed by atoms with Gasteiger partial charge in [-0.2, -0.15) is 0 Å². The van der Waals surface area contributed by atoms with Crippen LogP contribution in [0.4, 0.5) is 0 Å². The van der Waals surface area contributed by atoms with Crippen molar-refractivity contribution in [2.75, 3.05) is 40.0 Å². The lowest BCUT2D eigenvalue weighted by atomic mass is 9.87. The molecular weight excluding hydrogens is 344 g/mol. The van der Waals surface area contributed by atoms with Gasteiger partial charge in [-0.1, -0.05) is 13.0 Å². The number of morpholine rings is 1. The van der Waals surface area contributed by atoms with Gasteiger partial charge < -0.3 is 24.4 Å². The number of carbonyl (C=O) groups excluding carboxylic acids is 1. The minimum Gasteiger partial charge on any atom is -0.493 e. The Balaban J connectivity index is 1.50. The molecule has 1 saturated heterocycles. The van der Waals surface area contributed by atoms with Crippen LogP contribution in [0.1, 0.15) is 38.2 Å². The molecule has 1 aromatic carbocycles. The molecule has 1 amide bonds. The van der Waals surface area contributed by atoms with Crippen LogP contribution < -0.4 is 14.8 Å². The highest BCUT2D eigenvalue weighted by Crippen LogP contribution is 2.29. The van der Waals surface area contributed by atoms with Crippen molar-refractivity contribution in [2.45, 2.75) is 45.2 Å². The number of carbonyl (C=O) groups is 1. The number of nitrogens with one attached hydrogen (secondary N) is 1. The number of ether oxygens (including phenoxy) is 3. The van der Waals surface area contributed by atoms with Gasteiger partial charge >= 0.3 is 0 Å². The van der Waals surface area contributed by atoms with Gasteiger partial charge in [0.1, 0.15) is 0 Å². The topological polar surface area (TPSA) is 60.0 Å². The highest BCUT2D eigenvalue weighted by atomic mass is 16.5. The minimum atomic E-state index is -0.0161. The van der Waals surface area contributed by atoms with E-state index in [2.05, 4.69) is 12.2 Å². The smallest absolute Gasteiger partial charge is 0.260 e. The Kier molecular flexibility index (Phi) is 7.35. The van der Waals surface area contributed by atoms with Crippen molar-refractivity contribution in [3.05, 3.63) is 23.8 Å². The van der Waals surface area contributed by atoms with E-state index in [1.165, 1.54) is 25.7 Å². The van der Waals surface area contributed by atoms with Gasteiger partial charge in [0.05, 0.1) is 20.3 Å². The molecule has 150 valence electrons. The molecule has 1 N–H and O–H groups in total. The molecule has 0 unspecified atom stereocenters. The summed E-state index contributed by atoms with van der Waals surface area (Å²) in [6.07, 6.45) is 5.13. The molecule has 1 saturated carbocycles. The highest BCUT2D eigenvalue weighted by Gasteiger charge is 2.19. The average molecular weight is 376 g/mol. The summed E-state index contributed by atoms with van der Waals surface area (Å²) in [6, 6.07) is 6.53. The zero-order valence-corrected chi connectivity index (χ0v) is 16.5. The summed E-state index contributed by atoms with van der Waals surface area (Å²) in [6.45, 7) is 5.63. The Bertz CT molecular complexity index is 608. The predicted molar refractivity (Wildman–Crippen MR) is 104 cm³/mol. The van der Waals surface area contributed by atoms with Gasteiger partial charge in [-0.25, -0.2) is 0 Å². The Labute approximate surface area is 162 Å². The first-order valence-corrected chi connectivity index (χ1v) is 10.0. The van der Waals surface area contributed by atoms with E-state index in [1.54, 1.807) is 12.0 Å². The molecule has 2 aliphatic rings. The number of hydrogen-bond acceptors (Lipinski definition) is 5. The molecule has 1 aliphatic carbocycles. The number of rotatable bonds is 7. The summed E-state index contributed by atoms with van der Waals surface area (Å²) in [5.41, 5.74) is 1.16. The quantitative estimate of drug-likeness (QED) is 0.793. The van der Waals surface area contributed by atoms with Gasteiger partial charge in [-0.15, -0.1) is 0 Å². The largest absolute Gasteiger partial charge is 0.493 e. The number of benzene rings is 1. The second-order valence-corrected chi connectivity index (χ2v) is 7.60. The van der Waals surface area contributed by atoms with Gasteiger partial charge in [-0.05, 0) is 49.3 Å². The summed E-state index contributed by atoms with van der Waals surface area (Å²) in [5, 5.41) is 3.65. The standard InChI is InChI=1S/C21H32N2O4/c1-16-3-6-18(7-4-16)22-14-17-5-8-19(20(13-17)25-2)27-15-21(24)23-9-11-26-12-10-23/h5,8,13,16,18,22H,3-4,6-7,9-12,14-15H2,1-2H3. The predicted octanol–water partition coefficient (Wildman–Crippen LogP) is 2.60. The Morgan fingerprint density at radius 2 is 1.93 bits per heavy atom. The van der Waals surface area contributed by atoms with E-state index in [0.29, 0.717) is 43.8 Å². The van der Waals surface area contributed by atoms with Gasteiger partial charge in [0.25, 0.3) is 5.91 Å². The molecule has 1 aromatic rings. The van der Waals surface area contributed by atoms with Crippen molar-refractivity contribution in [3.63, 3.8) is 0 Å². The maximum absolute atomic E-state index is 12.2. The molecule has 0 radical (unpaired) electrons. The second kappa shape index (κ2) is 9.95. The van der Waals surface area contributed by atoms with E-state index < -0.39 is 0 Å². The monoisotopic (exact) mass is 376 g/mol. The summed E-state index contributed by atoms with van der Waals surface area (Å²) in [5.74, 6) is 2.12. The van der Waals surface area contributed by atoms with Crippen LogP contribution in [0, 0.1) is 5.92 Å². The molecule has 0 atom stereocenters. The molecule has 1 heterocycles. The zero-order chi connectivity index (χ0) is 19.1. The highest BCUT2D eigenvalue weighted by molar-refractivity contribution is 5.78. The van der Waals surface area contributed by atoms with Crippen LogP contribution in [-0.2, 0) is 16.1 Å². The lowest BCUT2D eigenvalue weighted by molar-refractivity contribution is -0.137. The second-order valence-electron chi connectivity index (χ2n) is 7.60. The fourth-order valence-electron chi connectivity index (χ4n) is 3.71. The van der Waals surface area contributed by atoms with Crippen molar-refractivity contribution < 1.29 is 19.0 Å². The maximum atomic E-state index is 12.2. The van der Waals surface area contributed by atoms with Crippen LogP contribution in [0.25, 0.3) is 0 Å². The van der Waals surface area contributed by atoms with E-state index in [1.807, 2.05) is 18.2 Å². The van der Waals surface area contributed by atoms with Crippen LogP contribution in [0.15, 0.2) is 18.2 Å². The Morgan fingerprint density at radius 3 is 2.63 bits per heavy atom. The molecule has 2 fully saturated rings. The van der Waals surface area contributed by atoms with Crippen LogP contribution in [0.3, 0.4) is 0 Å². The molecule has 6 nitrogen and oxygen atoms in total. The molecule has 27 heavy (non-hydrogen) atoms. The van der Waals surface area contributed by atoms with E-state index >= 15 is 0 Å². The first kappa shape index (κ1) is 20.0. The summed E-state index contributed by atoms with van der Waals surface area (Å²) >= 11 is 0. The summed E-state index contributed by atoms with van der Waals surface area (Å²) in [7, 11) is 1.63. The van der Waals surface area contributed by atoms with Crippen LogP contribution in [0.2, 0.25) is 0 Å². The van der Waals surface area contributed by atoms with Crippen molar-refractivity contribution in [3.8, 4) is 11.5 Å². The third kappa shape index (κ3) is 5.84. The summed E-state index contributed by atoms with van der Waals surface area (Å²) in [4.78, 5) is 14.0. The van der Waals surface area contributed by atoms with Gasteiger partial charge in [0.15, 0.2) is 18.1 Å². The first-order chi connectivity index (χ1) is 13.2. The van der Waals surface area contributed by atoms with E-state index in [-0.39, 0.29) is 12.5 Å². The van der Waals surface area contributed by atoms with Gasteiger partial charge in [0.2, 0.25) is 0 Å². The van der Waals surface area contributed by atoms with Crippen molar-refractivity contribution >= 4 is 5.91 Å². The minimum absolute atomic E-state index is 0.0161. The fraction of sp³-hybridized carbons (Fsp3) is 0.667. The fourth-order valence-corrected chi connectivity index (χ4v) is 3.71. The number of methoxy groups -OCH3 is 1. The van der Waals surface area contributed by atoms with Crippen molar-refractivity contribution in [2.24, 2.45) is 5.92 Å². The van der Waals surface area contributed by atoms with Gasteiger partial charge in [0, 0.05) is 25.7 Å². The van der Waals surface area contributed by atoms with Gasteiger partial charge in [-0.3, -0.25) is 4.79 Å². The Hall–Kier alpha value is -1.79. The normalized spacial score (nSPS) is 23.1. The van der Waals surface area contributed by atoms with Crippen LogP contribution in [0.5, 0.6) is 11.5 Å². The number of nitrogens with zero attached hydrogens (tertiary/aromatic N) is 1. The Morgan fingerprint density at radius 1 is 1.19 bits per heavy atom. The third-order valence-electron chi connectivity index (χ3n) is 5.55. The van der Waals surface area contributed by atoms with Crippen LogP contribution in [-0.4, -0.2) is 56.9 Å². The number of hydrogen-bond donors (Lipinski definition) is 1. The molecular formula is C21H32N2O4. The lowest BCUT2D eigenvalue weighted by Crippen LogP contribution is -2.43. The molecule has 0 aromatic heterocycles. The van der Waals surface area contributed by atoms with Crippen molar-refractivity contribution in [1.82, 2.24) is 10.2 Å². The third-order valence-corrected chi connectivity index (χ3v) is 5.55. The lowest BCUT2D eigenvalue weighted by Gasteiger charge is -2.27. The maximum Gasteiger partial charge on any atom is 0.260 e. The molecule has 0 bridgehead atoms. The average Bonchev–Trinajstić information content (AvgIpc) is 2.72. The SMILES string of the molecule is COc1cc(CNC2CCC(C)CC2)ccc1OCC(=O)N1CCOCC1. The zero-order valence-electron chi connectivity index (χ0n) is 16.5. The van der Waals surface area contributed by atoms with E-state index in [9.17, 15) is 4.79 Å². The first-order valence-electron chi connectivity index (χ1n) is 10.0. The van der Waals surface area contributed by atoms with E-state index in [4.69, 9.17) is 14.2 Å². The number of amides is 1.